The summed E-state index contributed by atoms with van der Waals surface area (Å²) in [5, 5.41) is 9.39. The van der Waals surface area contributed by atoms with Crippen LogP contribution in [0.3, 0.4) is 0 Å². The fourth-order valence-electron chi connectivity index (χ4n) is 1.94. The van der Waals surface area contributed by atoms with E-state index in [9.17, 15) is 9.50 Å². The molecule has 1 aliphatic rings. The summed E-state index contributed by atoms with van der Waals surface area (Å²) in [4.78, 5) is 0. The second kappa shape index (κ2) is 3.63. The Labute approximate surface area is 91.1 Å². The molecule has 1 nitrogen and oxygen atoms in total. The van der Waals surface area contributed by atoms with E-state index in [2.05, 4.69) is 15.9 Å². The van der Waals surface area contributed by atoms with Crippen molar-refractivity contribution < 1.29 is 9.50 Å². The van der Waals surface area contributed by atoms with Gasteiger partial charge >= 0.3 is 0 Å². The van der Waals surface area contributed by atoms with E-state index >= 15 is 0 Å². The predicted octanol–water partition coefficient (Wildman–Crippen LogP) is 3.07. The molecule has 0 heterocycles. The van der Waals surface area contributed by atoms with Crippen molar-refractivity contribution in [1.82, 2.24) is 0 Å². The van der Waals surface area contributed by atoms with Crippen molar-refractivity contribution in [2.24, 2.45) is 5.92 Å². The van der Waals surface area contributed by atoms with Gasteiger partial charge in [-0.1, -0.05) is 13.0 Å². The minimum absolute atomic E-state index is 0.191. The highest BCUT2D eigenvalue weighted by Crippen LogP contribution is 2.42. The third-order valence-corrected chi connectivity index (χ3v) is 3.72. The van der Waals surface area contributed by atoms with Crippen molar-refractivity contribution in [3.05, 3.63) is 34.1 Å². The Morgan fingerprint density at radius 2 is 2.21 bits per heavy atom. The van der Waals surface area contributed by atoms with Gasteiger partial charge in [0.25, 0.3) is 0 Å². The van der Waals surface area contributed by atoms with E-state index in [1.165, 1.54) is 6.07 Å². The molecule has 1 aromatic rings. The van der Waals surface area contributed by atoms with E-state index < -0.39 is 0 Å². The molecular formula is C11H12BrFO. The zero-order valence-electron chi connectivity index (χ0n) is 7.87. The predicted molar refractivity (Wildman–Crippen MR) is 56.6 cm³/mol. The Bertz CT molecular complexity index is 353. The van der Waals surface area contributed by atoms with Crippen LogP contribution >= 0.6 is 15.9 Å². The maximum Gasteiger partial charge on any atom is 0.137 e. The summed E-state index contributed by atoms with van der Waals surface area (Å²) in [6.45, 7) is 2.02. The van der Waals surface area contributed by atoms with Gasteiger partial charge < -0.3 is 5.11 Å². The number of benzene rings is 1. The van der Waals surface area contributed by atoms with Crippen molar-refractivity contribution in [1.29, 1.82) is 0 Å². The van der Waals surface area contributed by atoms with Crippen LogP contribution in [0.4, 0.5) is 4.39 Å². The highest BCUT2D eigenvalue weighted by atomic mass is 79.9. The summed E-state index contributed by atoms with van der Waals surface area (Å²) in [5.74, 6) is 0.426. The van der Waals surface area contributed by atoms with E-state index in [4.69, 9.17) is 0 Å². The molecule has 1 aromatic carbocycles. The van der Waals surface area contributed by atoms with Gasteiger partial charge in [-0.2, -0.15) is 0 Å². The Hall–Kier alpha value is -0.410. The fourth-order valence-corrected chi connectivity index (χ4v) is 2.34. The van der Waals surface area contributed by atoms with Crippen LogP contribution in [-0.4, -0.2) is 11.2 Å². The number of halogens is 2. The van der Waals surface area contributed by atoms with Gasteiger partial charge in [-0.15, -0.1) is 0 Å². The van der Waals surface area contributed by atoms with Gasteiger partial charge in [-0.25, -0.2) is 4.39 Å². The minimum atomic E-state index is -0.235. The molecule has 0 spiro atoms. The minimum Gasteiger partial charge on any atom is -0.393 e. The van der Waals surface area contributed by atoms with E-state index in [1.807, 2.05) is 13.0 Å². The van der Waals surface area contributed by atoms with Crippen LogP contribution in [0.15, 0.2) is 22.7 Å². The molecule has 1 N–H and O–H groups in total. The molecule has 0 saturated heterocycles. The van der Waals surface area contributed by atoms with E-state index in [0.717, 1.165) is 12.0 Å². The quantitative estimate of drug-likeness (QED) is 0.821. The lowest BCUT2D eigenvalue weighted by atomic mass is 9.69. The second-order valence-electron chi connectivity index (χ2n) is 3.94. The molecule has 0 aliphatic heterocycles. The standard InChI is InChI=1S/C11H12BrFO/c1-6-8(5-11(6)14)7-2-3-10(13)9(12)4-7/h2-4,6,8,11,14H,5H2,1H3. The molecule has 2 rings (SSSR count). The molecule has 0 amide bonds. The van der Waals surface area contributed by atoms with Gasteiger partial charge in [0.1, 0.15) is 5.82 Å². The van der Waals surface area contributed by atoms with Gasteiger partial charge in [-0.05, 0) is 51.9 Å². The Morgan fingerprint density at radius 1 is 1.50 bits per heavy atom. The van der Waals surface area contributed by atoms with Crippen LogP contribution in [0.5, 0.6) is 0 Å². The number of rotatable bonds is 1. The van der Waals surface area contributed by atoms with Gasteiger partial charge in [0, 0.05) is 0 Å². The average Bonchev–Trinajstić information content (AvgIpc) is 2.18. The summed E-state index contributed by atoms with van der Waals surface area (Å²) < 4.78 is 13.5. The number of hydrogen-bond acceptors (Lipinski definition) is 1. The van der Waals surface area contributed by atoms with Crippen LogP contribution < -0.4 is 0 Å². The average molecular weight is 259 g/mol. The van der Waals surface area contributed by atoms with Gasteiger partial charge in [0.15, 0.2) is 0 Å². The lowest BCUT2D eigenvalue weighted by Gasteiger charge is -2.39. The van der Waals surface area contributed by atoms with Crippen LogP contribution in [0.25, 0.3) is 0 Å². The largest absolute Gasteiger partial charge is 0.393 e. The molecule has 3 heteroatoms. The van der Waals surface area contributed by atoms with E-state index in [1.54, 1.807) is 6.07 Å². The molecule has 76 valence electrons. The van der Waals surface area contributed by atoms with Gasteiger partial charge in [0.05, 0.1) is 10.6 Å². The molecule has 1 fully saturated rings. The summed E-state index contributed by atoms with van der Waals surface area (Å²) >= 11 is 3.17. The Kier molecular flexibility index (Phi) is 2.62. The smallest absolute Gasteiger partial charge is 0.137 e. The lowest BCUT2D eigenvalue weighted by molar-refractivity contribution is 0.0117. The molecule has 1 aliphatic carbocycles. The molecule has 0 bridgehead atoms. The van der Waals surface area contributed by atoms with Crippen LogP contribution in [-0.2, 0) is 0 Å². The zero-order valence-corrected chi connectivity index (χ0v) is 9.46. The van der Waals surface area contributed by atoms with Crippen molar-refractivity contribution >= 4 is 15.9 Å². The lowest BCUT2D eigenvalue weighted by Crippen LogP contribution is -2.37. The van der Waals surface area contributed by atoms with Crippen LogP contribution in [0.2, 0.25) is 0 Å². The van der Waals surface area contributed by atoms with Crippen molar-refractivity contribution in [2.45, 2.75) is 25.4 Å². The number of aliphatic hydroxyl groups is 1. The molecule has 3 unspecified atom stereocenters. The fraction of sp³-hybridized carbons (Fsp3) is 0.455. The molecule has 3 atom stereocenters. The van der Waals surface area contributed by atoms with Crippen molar-refractivity contribution in [3.63, 3.8) is 0 Å². The second-order valence-corrected chi connectivity index (χ2v) is 4.80. The first-order valence-corrected chi connectivity index (χ1v) is 5.52. The summed E-state index contributed by atoms with van der Waals surface area (Å²) in [6.07, 6.45) is 0.600. The highest BCUT2D eigenvalue weighted by molar-refractivity contribution is 9.10. The number of aliphatic hydroxyl groups excluding tert-OH is 1. The first kappa shape index (κ1) is 10.1. The maximum absolute atomic E-state index is 13.0. The monoisotopic (exact) mass is 258 g/mol. The van der Waals surface area contributed by atoms with Crippen molar-refractivity contribution in [3.8, 4) is 0 Å². The van der Waals surface area contributed by atoms with E-state index in [0.29, 0.717) is 10.4 Å². The van der Waals surface area contributed by atoms with Gasteiger partial charge in [0.2, 0.25) is 0 Å². The Morgan fingerprint density at radius 3 is 2.71 bits per heavy atom. The highest BCUT2D eigenvalue weighted by Gasteiger charge is 2.37. The SMILES string of the molecule is CC1C(O)CC1c1ccc(F)c(Br)c1. The number of hydrogen-bond donors (Lipinski definition) is 1. The maximum atomic E-state index is 13.0. The molecule has 14 heavy (non-hydrogen) atoms. The topological polar surface area (TPSA) is 20.2 Å². The van der Waals surface area contributed by atoms with Crippen molar-refractivity contribution in [2.75, 3.05) is 0 Å². The molecule has 1 saturated carbocycles. The van der Waals surface area contributed by atoms with Crippen LogP contribution in [0, 0.1) is 11.7 Å². The third kappa shape index (κ3) is 1.59. The Balaban J connectivity index is 2.22. The van der Waals surface area contributed by atoms with Gasteiger partial charge in [-0.3, -0.25) is 0 Å². The third-order valence-electron chi connectivity index (χ3n) is 3.11. The van der Waals surface area contributed by atoms with E-state index in [-0.39, 0.29) is 17.8 Å². The summed E-state index contributed by atoms with van der Waals surface area (Å²) in [7, 11) is 0. The molecule has 0 radical (unpaired) electrons. The first-order valence-electron chi connectivity index (χ1n) is 4.72. The molecular weight excluding hydrogens is 247 g/mol. The first-order chi connectivity index (χ1) is 6.59. The summed E-state index contributed by atoms with van der Waals surface area (Å²) in [5.41, 5.74) is 1.11. The molecule has 0 aromatic heterocycles. The zero-order chi connectivity index (χ0) is 10.3. The normalized spacial score (nSPS) is 31.3. The summed E-state index contributed by atoms with van der Waals surface area (Å²) in [6, 6.07) is 5.08. The van der Waals surface area contributed by atoms with Crippen LogP contribution in [0.1, 0.15) is 24.8 Å².